The third kappa shape index (κ3) is 3.79. The van der Waals surface area contributed by atoms with Gasteiger partial charge in [0.2, 0.25) is 0 Å². The minimum absolute atomic E-state index is 0.0115. The van der Waals surface area contributed by atoms with Gasteiger partial charge in [0.05, 0.1) is 17.2 Å². The summed E-state index contributed by atoms with van der Waals surface area (Å²) >= 11 is 3.57. The number of benzene rings is 1. The van der Waals surface area contributed by atoms with Crippen molar-refractivity contribution in [1.29, 1.82) is 0 Å². The number of likely N-dealkylation sites (N-methyl/N-ethyl adjacent to an activating group) is 1. The Balaban J connectivity index is 2.17. The fourth-order valence-electron chi connectivity index (χ4n) is 3.43. The predicted octanol–water partition coefficient (Wildman–Crippen LogP) is 3.94. The molecule has 21 heavy (non-hydrogen) atoms. The second-order valence-electron chi connectivity index (χ2n) is 5.76. The summed E-state index contributed by atoms with van der Waals surface area (Å²) in [7, 11) is 3.55. The van der Waals surface area contributed by atoms with E-state index in [1.807, 2.05) is 13.2 Å². The summed E-state index contributed by atoms with van der Waals surface area (Å²) < 4.78 is 12.3. The van der Waals surface area contributed by atoms with E-state index in [0.717, 1.165) is 36.0 Å². The monoisotopic (exact) mass is 355 g/mol. The van der Waals surface area contributed by atoms with E-state index in [2.05, 4.69) is 40.3 Å². The van der Waals surface area contributed by atoms with Crippen molar-refractivity contribution in [3.63, 3.8) is 0 Å². The number of hydrogen-bond donors (Lipinski definition) is 1. The third-order valence-corrected chi connectivity index (χ3v) is 5.22. The van der Waals surface area contributed by atoms with Crippen LogP contribution in [0.25, 0.3) is 0 Å². The van der Waals surface area contributed by atoms with Crippen molar-refractivity contribution in [2.24, 2.45) is 0 Å². The normalized spacial score (nSPS) is 18.7. The van der Waals surface area contributed by atoms with Crippen molar-refractivity contribution in [3.8, 4) is 5.75 Å². The van der Waals surface area contributed by atoms with Crippen LogP contribution in [0.2, 0.25) is 0 Å². The van der Waals surface area contributed by atoms with Crippen molar-refractivity contribution >= 4 is 15.9 Å². The molecule has 0 saturated heterocycles. The van der Waals surface area contributed by atoms with Crippen LogP contribution in [0.3, 0.4) is 0 Å². The Morgan fingerprint density at radius 2 is 2.00 bits per heavy atom. The lowest BCUT2D eigenvalue weighted by Gasteiger charge is -2.37. The van der Waals surface area contributed by atoms with E-state index >= 15 is 0 Å². The topological polar surface area (TPSA) is 30.5 Å². The fraction of sp³-hybridized carbons (Fsp3) is 0.647. The first-order valence-corrected chi connectivity index (χ1v) is 8.55. The summed E-state index contributed by atoms with van der Waals surface area (Å²) in [4.78, 5) is 0. The average Bonchev–Trinajstić information content (AvgIpc) is 2.97. The van der Waals surface area contributed by atoms with Crippen LogP contribution in [0.4, 0.5) is 0 Å². The summed E-state index contributed by atoms with van der Waals surface area (Å²) in [6, 6.07) is 6.68. The Morgan fingerprint density at radius 1 is 1.29 bits per heavy atom. The molecule has 2 rings (SSSR count). The van der Waals surface area contributed by atoms with Crippen molar-refractivity contribution in [1.82, 2.24) is 5.32 Å². The molecule has 0 heterocycles. The highest BCUT2D eigenvalue weighted by Gasteiger charge is 2.41. The number of hydrogen-bond acceptors (Lipinski definition) is 3. The number of rotatable bonds is 7. The molecule has 0 amide bonds. The zero-order valence-electron chi connectivity index (χ0n) is 13.2. The van der Waals surface area contributed by atoms with Crippen LogP contribution < -0.4 is 10.1 Å². The lowest BCUT2D eigenvalue weighted by molar-refractivity contribution is -0.0351. The highest BCUT2D eigenvalue weighted by Crippen LogP contribution is 2.37. The van der Waals surface area contributed by atoms with Crippen LogP contribution >= 0.6 is 15.9 Å². The zero-order chi connectivity index (χ0) is 15.3. The maximum atomic E-state index is 5.96. The molecule has 0 aromatic heterocycles. The molecule has 4 heteroatoms. The molecule has 0 bridgehead atoms. The Hall–Kier alpha value is -0.580. The first-order chi connectivity index (χ1) is 10.1. The Kier molecular flexibility index (Phi) is 6.08. The third-order valence-electron chi connectivity index (χ3n) is 4.60. The van der Waals surface area contributed by atoms with Gasteiger partial charge in [-0.25, -0.2) is 0 Å². The summed E-state index contributed by atoms with van der Waals surface area (Å²) in [5.74, 6) is 0.876. The van der Waals surface area contributed by atoms with Gasteiger partial charge in [0.15, 0.2) is 0 Å². The number of ether oxygens (including phenoxy) is 2. The maximum Gasteiger partial charge on any atom is 0.133 e. The summed E-state index contributed by atoms with van der Waals surface area (Å²) in [6.07, 6.45) is 5.81. The zero-order valence-corrected chi connectivity index (χ0v) is 14.8. The molecule has 1 N–H and O–H groups in total. The van der Waals surface area contributed by atoms with Gasteiger partial charge in [0.1, 0.15) is 5.75 Å². The van der Waals surface area contributed by atoms with Crippen molar-refractivity contribution in [2.75, 3.05) is 20.8 Å². The SMILES string of the molecule is CCNC(Cc1ccc(OC)c(Br)c1)C1(OC)CCCC1. The molecule has 1 unspecified atom stereocenters. The fourth-order valence-corrected chi connectivity index (χ4v) is 4.02. The lowest BCUT2D eigenvalue weighted by atomic mass is 9.87. The smallest absolute Gasteiger partial charge is 0.133 e. The standard InChI is InChI=1S/C17H26BrNO2/c1-4-19-16(17(21-3)9-5-6-10-17)12-13-7-8-15(20-2)14(18)11-13/h7-8,11,16,19H,4-6,9-10,12H2,1-3H3. The van der Waals surface area contributed by atoms with Gasteiger partial charge in [-0.3, -0.25) is 0 Å². The van der Waals surface area contributed by atoms with Crippen molar-refractivity contribution in [3.05, 3.63) is 28.2 Å². The second kappa shape index (κ2) is 7.61. The highest BCUT2D eigenvalue weighted by molar-refractivity contribution is 9.10. The van der Waals surface area contributed by atoms with E-state index in [-0.39, 0.29) is 5.60 Å². The molecule has 1 aliphatic carbocycles. The van der Waals surface area contributed by atoms with Crippen LogP contribution in [0.5, 0.6) is 5.75 Å². The van der Waals surface area contributed by atoms with Crippen molar-refractivity contribution < 1.29 is 9.47 Å². The molecule has 3 nitrogen and oxygen atoms in total. The highest BCUT2D eigenvalue weighted by atomic mass is 79.9. The Labute approximate surface area is 136 Å². The van der Waals surface area contributed by atoms with E-state index in [1.54, 1.807) is 7.11 Å². The summed E-state index contributed by atoms with van der Waals surface area (Å²) in [6.45, 7) is 3.13. The van der Waals surface area contributed by atoms with Gasteiger partial charge in [-0.2, -0.15) is 0 Å². The van der Waals surface area contributed by atoms with Crippen molar-refractivity contribution in [2.45, 2.75) is 50.7 Å². The quantitative estimate of drug-likeness (QED) is 0.803. The first kappa shape index (κ1) is 16.8. The number of halogens is 1. The van der Waals surface area contributed by atoms with Crippen LogP contribution in [0.1, 0.15) is 38.2 Å². The number of nitrogens with one attached hydrogen (secondary N) is 1. The van der Waals surface area contributed by atoms with Gasteiger partial charge >= 0.3 is 0 Å². The molecule has 1 atom stereocenters. The Morgan fingerprint density at radius 3 is 2.52 bits per heavy atom. The lowest BCUT2D eigenvalue weighted by Crippen LogP contribution is -2.51. The van der Waals surface area contributed by atoms with Gasteiger partial charge in [-0.05, 0) is 59.4 Å². The molecule has 1 aliphatic rings. The molecular weight excluding hydrogens is 330 g/mol. The van der Waals surface area contributed by atoms with Crippen LogP contribution in [0, 0.1) is 0 Å². The van der Waals surface area contributed by atoms with Gasteiger partial charge in [-0.1, -0.05) is 25.8 Å². The Bertz CT molecular complexity index is 458. The van der Waals surface area contributed by atoms with E-state index < -0.39 is 0 Å². The van der Waals surface area contributed by atoms with Crippen LogP contribution in [-0.4, -0.2) is 32.4 Å². The minimum atomic E-state index is -0.0115. The molecular formula is C17H26BrNO2. The van der Waals surface area contributed by atoms with E-state index in [4.69, 9.17) is 9.47 Å². The largest absolute Gasteiger partial charge is 0.496 e. The average molecular weight is 356 g/mol. The van der Waals surface area contributed by atoms with Crippen LogP contribution in [-0.2, 0) is 11.2 Å². The molecule has 1 aromatic carbocycles. The second-order valence-corrected chi connectivity index (χ2v) is 6.61. The van der Waals surface area contributed by atoms with E-state index in [9.17, 15) is 0 Å². The molecule has 1 fully saturated rings. The maximum absolute atomic E-state index is 5.96. The van der Waals surface area contributed by atoms with E-state index in [0.29, 0.717) is 6.04 Å². The van der Waals surface area contributed by atoms with Gasteiger partial charge in [-0.15, -0.1) is 0 Å². The number of methoxy groups -OCH3 is 2. The van der Waals surface area contributed by atoms with Gasteiger partial charge < -0.3 is 14.8 Å². The van der Waals surface area contributed by atoms with Gasteiger partial charge in [0.25, 0.3) is 0 Å². The summed E-state index contributed by atoms with van der Waals surface area (Å²) in [5.41, 5.74) is 1.29. The molecule has 0 spiro atoms. The summed E-state index contributed by atoms with van der Waals surface area (Å²) in [5, 5.41) is 3.64. The predicted molar refractivity (Wildman–Crippen MR) is 90.1 cm³/mol. The first-order valence-electron chi connectivity index (χ1n) is 7.76. The van der Waals surface area contributed by atoms with Crippen LogP contribution in [0.15, 0.2) is 22.7 Å². The molecule has 118 valence electrons. The molecule has 1 aromatic rings. The van der Waals surface area contributed by atoms with Gasteiger partial charge in [0, 0.05) is 13.2 Å². The minimum Gasteiger partial charge on any atom is -0.496 e. The molecule has 0 aliphatic heterocycles. The molecule has 0 radical (unpaired) electrons. The molecule has 1 saturated carbocycles. The van der Waals surface area contributed by atoms with E-state index in [1.165, 1.54) is 18.4 Å².